The second kappa shape index (κ2) is 3.97. The van der Waals surface area contributed by atoms with Crippen molar-refractivity contribution < 1.29 is 19.1 Å². The summed E-state index contributed by atoms with van der Waals surface area (Å²) >= 11 is 0. The Hall–Kier alpha value is -1.06. The summed E-state index contributed by atoms with van der Waals surface area (Å²) in [7, 11) is 0. The molecule has 0 radical (unpaired) electrons. The third-order valence-electron chi connectivity index (χ3n) is 4.75. The predicted octanol–water partition coefficient (Wildman–Crippen LogP) is 2.31. The highest BCUT2D eigenvalue weighted by Gasteiger charge is 2.65. The van der Waals surface area contributed by atoms with Gasteiger partial charge in [-0.05, 0) is 37.0 Å². The average Bonchev–Trinajstić information content (AvgIpc) is 2.66. The van der Waals surface area contributed by atoms with Crippen LogP contribution in [0.25, 0.3) is 0 Å². The zero-order valence-corrected chi connectivity index (χ0v) is 11.8. The molecule has 2 saturated carbocycles. The molecule has 0 aromatic heterocycles. The van der Waals surface area contributed by atoms with Crippen LogP contribution in [0.3, 0.4) is 0 Å². The monoisotopic (exact) mass is 254 g/mol. The molecule has 0 aliphatic heterocycles. The van der Waals surface area contributed by atoms with Crippen molar-refractivity contribution in [2.24, 2.45) is 17.3 Å². The van der Waals surface area contributed by atoms with Crippen molar-refractivity contribution in [1.29, 1.82) is 0 Å². The molecule has 4 nitrogen and oxygen atoms in total. The van der Waals surface area contributed by atoms with E-state index in [1.54, 1.807) is 0 Å². The zero-order valence-electron chi connectivity index (χ0n) is 11.8. The predicted molar refractivity (Wildman–Crippen MR) is 65.7 cm³/mol. The number of esters is 2. The Labute approximate surface area is 108 Å². The van der Waals surface area contributed by atoms with Crippen molar-refractivity contribution in [1.82, 2.24) is 0 Å². The molecule has 0 aromatic carbocycles. The molecule has 0 saturated heterocycles. The van der Waals surface area contributed by atoms with E-state index in [1.807, 2.05) is 6.92 Å². The molecule has 0 spiro atoms. The minimum absolute atomic E-state index is 0.274. The van der Waals surface area contributed by atoms with Gasteiger partial charge in [-0.15, -0.1) is 0 Å². The molecule has 4 unspecified atom stereocenters. The normalized spacial score (nSPS) is 40.6. The van der Waals surface area contributed by atoms with Gasteiger partial charge < -0.3 is 9.47 Å². The lowest BCUT2D eigenvalue weighted by Crippen LogP contribution is -2.48. The molecule has 4 atom stereocenters. The molecular weight excluding hydrogens is 232 g/mol. The lowest BCUT2D eigenvalue weighted by molar-refractivity contribution is -0.188. The summed E-state index contributed by atoms with van der Waals surface area (Å²) in [6, 6.07) is 0. The maximum absolute atomic E-state index is 11.3. The minimum atomic E-state index is -0.674. The molecule has 0 heterocycles. The smallest absolute Gasteiger partial charge is 0.303 e. The maximum atomic E-state index is 11.3. The van der Waals surface area contributed by atoms with E-state index in [0.29, 0.717) is 11.8 Å². The first kappa shape index (κ1) is 13.4. The Bertz CT molecular complexity index is 387. The highest BCUT2D eigenvalue weighted by molar-refractivity contribution is 5.68. The van der Waals surface area contributed by atoms with Crippen molar-refractivity contribution in [2.75, 3.05) is 0 Å². The molecule has 2 fully saturated rings. The van der Waals surface area contributed by atoms with Crippen molar-refractivity contribution in [2.45, 2.75) is 59.2 Å². The van der Waals surface area contributed by atoms with Crippen LogP contribution in [0.5, 0.6) is 0 Å². The van der Waals surface area contributed by atoms with E-state index >= 15 is 0 Å². The maximum Gasteiger partial charge on any atom is 0.303 e. The Kier molecular flexibility index (Phi) is 2.95. The van der Waals surface area contributed by atoms with E-state index in [1.165, 1.54) is 13.8 Å². The molecule has 0 N–H and O–H groups in total. The van der Waals surface area contributed by atoms with Gasteiger partial charge in [0, 0.05) is 13.8 Å². The van der Waals surface area contributed by atoms with E-state index in [2.05, 4.69) is 13.8 Å². The number of hydrogen-bond donors (Lipinski definition) is 0. The average molecular weight is 254 g/mol. The van der Waals surface area contributed by atoms with Crippen LogP contribution in [0, 0.1) is 17.3 Å². The van der Waals surface area contributed by atoms with Crippen molar-refractivity contribution in [3.05, 3.63) is 0 Å². The molecule has 4 heteroatoms. The Morgan fingerprint density at radius 2 is 1.67 bits per heavy atom. The van der Waals surface area contributed by atoms with Crippen LogP contribution in [0.4, 0.5) is 0 Å². The van der Waals surface area contributed by atoms with E-state index in [-0.39, 0.29) is 23.5 Å². The van der Waals surface area contributed by atoms with Gasteiger partial charge in [0.15, 0.2) is 0 Å². The van der Waals surface area contributed by atoms with Crippen molar-refractivity contribution >= 4 is 11.9 Å². The van der Waals surface area contributed by atoms with Gasteiger partial charge >= 0.3 is 11.9 Å². The quantitative estimate of drug-likeness (QED) is 0.710. The van der Waals surface area contributed by atoms with Gasteiger partial charge in [-0.1, -0.05) is 13.8 Å². The SMILES string of the molecule is CC(=O)OC1CC2C(CC1(C)OC(C)=O)C2(C)C. The van der Waals surface area contributed by atoms with E-state index < -0.39 is 5.60 Å². The molecule has 0 aromatic rings. The van der Waals surface area contributed by atoms with Gasteiger partial charge in [-0.2, -0.15) is 0 Å². The Morgan fingerprint density at radius 1 is 1.06 bits per heavy atom. The molecule has 2 rings (SSSR count). The summed E-state index contributed by atoms with van der Waals surface area (Å²) in [5.74, 6) is 0.515. The van der Waals surface area contributed by atoms with Crippen molar-refractivity contribution in [3.63, 3.8) is 0 Å². The Balaban J connectivity index is 2.18. The van der Waals surface area contributed by atoms with Crippen LogP contribution >= 0.6 is 0 Å². The van der Waals surface area contributed by atoms with Crippen molar-refractivity contribution in [3.8, 4) is 0 Å². The number of carbonyl (C=O) groups is 2. The summed E-state index contributed by atoms with van der Waals surface area (Å²) in [5.41, 5.74) is -0.400. The number of fused-ring (bicyclic) bond motifs is 1. The molecule has 2 aliphatic rings. The van der Waals surface area contributed by atoms with E-state index in [9.17, 15) is 9.59 Å². The summed E-state index contributed by atoms with van der Waals surface area (Å²) in [6.07, 6.45) is 1.25. The van der Waals surface area contributed by atoms with Gasteiger partial charge in [0.1, 0.15) is 11.7 Å². The van der Waals surface area contributed by atoms with Gasteiger partial charge in [-0.25, -0.2) is 0 Å². The van der Waals surface area contributed by atoms with Gasteiger partial charge in [0.25, 0.3) is 0 Å². The largest absolute Gasteiger partial charge is 0.458 e. The molecule has 2 aliphatic carbocycles. The summed E-state index contributed by atoms with van der Waals surface area (Å²) in [6.45, 7) is 9.14. The number of carbonyl (C=O) groups excluding carboxylic acids is 2. The second-order valence-corrected chi connectivity index (χ2v) is 6.48. The summed E-state index contributed by atoms with van der Waals surface area (Å²) in [4.78, 5) is 22.5. The minimum Gasteiger partial charge on any atom is -0.458 e. The fourth-order valence-corrected chi connectivity index (χ4v) is 3.59. The van der Waals surface area contributed by atoms with Crippen LogP contribution in [-0.2, 0) is 19.1 Å². The summed E-state index contributed by atoms with van der Waals surface area (Å²) < 4.78 is 10.8. The molecule has 102 valence electrons. The second-order valence-electron chi connectivity index (χ2n) is 6.48. The number of ether oxygens (including phenoxy) is 2. The van der Waals surface area contributed by atoms with Gasteiger partial charge in [0.2, 0.25) is 0 Å². The lowest BCUT2D eigenvalue weighted by Gasteiger charge is -2.39. The fourth-order valence-electron chi connectivity index (χ4n) is 3.59. The first-order chi connectivity index (χ1) is 8.17. The molecule has 18 heavy (non-hydrogen) atoms. The van der Waals surface area contributed by atoms with E-state index in [0.717, 1.165) is 12.8 Å². The first-order valence-electron chi connectivity index (χ1n) is 6.53. The number of hydrogen-bond acceptors (Lipinski definition) is 4. The van der Waals surface area contributed by atoms with Crippen LogP contribution in [0.2, 0.25) is 0 Å². The fraction of sp³-hybridized carbons (Fsp3) is 0.857. The first-order valence-corrected chi connectivity index (χ1v) is 6.53. The number of rotatable bonds is 2. The molecule has 0 bridgehead atoms. The van der Waals surface area contributed by atoms with Gasteiger partial charge in [0.05, 0.1) is 0 Å². The lowest BCUT2D eigenvalue weighted by atomic mass is 9.83. The van der Waals surface area contributed by atoms with Crippen LogP contribution in [0.15, 0.2) is 0 Å². The van der Waals surface area contributed by atoms with Crippen LogP contribution < -0.4 is 0 Å². The topological polar surface area (TPSA) is 52.6 Å². The molecule has 0 amide bonds. The van der Waals surface area contributed by atoms with E-state index in [4.69, 9.17) is 9.47 Å². The highest BCUT2D eigenvalue weighted by Crippen LogP contribution is 2.67. The Morgan fingerprint density at radius 3 is 2.17 bits per heavy atom. The van der Waals surface area contributed by atoms with Crippen LogP contribution in [-0.4, -0.2) is 23.6 Å². The molecular formula is C14H22O4. The van der Waals surface area contributed by atoms with Gasteiger partial charge in [-0.3, -0.25) is 9.59 Å². The van der Waals surface area contributed by atoms with Crippen LogP contribution in [0.1, 0.15) is 47.5 Å². The highest BCUT2D eigenvalue weighted by atomic mass is 16.6. The third kappa shape index (κ3) is 2.13. The zero-order chi connectivity index (χ0) is 13.7. The summed E-state index contributed by atoms with van der Waals surface area (Å²) in [5, 5.41) is 0. The standard InChI is InChI=1S/C14H22O4/c1-8(15)17-12-6-10-11(13(10,3)4)7-14(12,5)18-9(2)16/h10-12H,6-7H2,1-5H3. The third-order valence-corrected chi connectivity index (χ3v) is 4.75.